The number of halogens is 1. The van der Waals surface area contributed by atoms with E-state index in [2.05, 4.69) is 5.32 Å². The summed E-state index contributed by atoms with van der Waals surface area (Å²) in [6.07, 6.45) is 0. The predicted octanol–water partition coefficient (Wildman–Crippen LogP) is 1.87. The molecule has 10 heteroatoms. The van der Waals surface area contributed by atoms with Gasteiger partial charge in [-0.25, -0.2) is 8.42 Å². The number of hydroxylamine groups is 1. The topological polar surface area (TPSA) is 119 Å². The van der Waals surface area contributed by atoms with Crippen molar-refractivity contribution in [3.63, 3.8) is 0 Å². The van der Waals surface area contributed by atoms with Gasteiger partial charge in [-0.3, -0.25) is 14.4 Å². The van der Waals surface area contributed by atoms with Gasteiger partial charge in [0.25, 0.3) is 15.9 Å². The van der Waals surface area contributed by atoms with Crippen LogP contribution in [-0.2, 0) is 14.9 Å². The molecule has 0 aliphatic carbocycles. The van der Waals surface area contributed by atoms with Gasteiger partial charge in [0.2, 0.25) is 5.91 Å². The molecule has 2 amide bonds. The van der Waals surface area contributed by atoms with Gasteiger partial charge in [0.15, 0.2) is 0 Å². The van der Waals surface area contributed by atoms with Gasteiger partial charge in [0, 0.05) is 18.3 Å². The van der Waals surface area contributed by atoms with Crippen molar-refractivity contribution in [2.45, 2.75) is 4.90 Å². The van der Waals surface area contributed by atoms with Crippen molar-refractivity contribution in [2.75, 3.05) is 19.5 Å². The summed E-state index contributed by atoms with van der Waals surface area (Å²) in [6.45, 7) is 0. The fourth-order valence-electron chi connectivity index (χ4n) is 2.04. The van der Waals surface area contributed by atoms with Gasteiger partial charge >= 0.3 is 0 Å². The average Bonchev–Trinajstić information content (AvgIpc) is 2.62. The number of nitrogens with zero attached hydrogens (tertiary/aromatic N) is 1. The Bertz CT molecular complexity index is 962. The van der Waals surface area contributed by atoms with Crippen LogP contribution < -0.4 is 11.1 Å². The fraction of sp³-hybridized carbons (Fsp3) is 0.125. The maximum atomic E-state index is 12.4. The van der Waals surface area contributed by atoms with Gasteiger partial charge in [-0.05, 0) is 36.4 Å². The summed E-state index contributed by atoms with van der Waals surface area (Å²) in [6, 6.07) is 9.69. The summed E-state index contributed by atoms with van der Waals surface area (Å²) in [5, 5.41) is 2.72. The highest BCUT2D eigenvalue weighted by Gasteiger charge is 2.22. The van der Waals surface area contributed by atoms with Crippen LogP contribution in [0.1, 0.15) is 20.7 Å². The molecule has 0 heterocycles. The summed E-state index contributed by atoms with van der Waals surface area (Å²) < 4.78 is 25.2. The Morgan fingerprint density at radius 3 is 2.50 bits per heavy atom. The highest BCUT2D eigenvalue weighted by atomic mass is 35.5. The van der Waals surface area contributed by atoms with E-state index in [0.717, 1.165) is 0 Å². The molecule has 0 unspecified atom stereocenters. The summed E-state index contributed by atoms with van der Waals surface area (Å²) >= 11 is 5.86. The molecule has 0 atom stereocenters. The lowest BCUT2D eigenvalue weighted by atomic mass is 10.1. The minimum Gasteiger partial charge on any atom is -0.366 e. The SMILES string of the molecule is CON(C)S(=O)(=O)c1cccc(C(=O)Nc2ccc(Cl)c(C(N)=O)c2)c1. The molecule has 2 aromatic carbocycles. The Hall–Kier alpha value is -2.46. The molecule has 0 aliphatic rings. The predicted molar refractivity (Wildman–Crippen MR) is 96.3 cm³/mol. The van der Waals surface area contributed by atoms with Crippen molar-refractivity contribution in [2.24, 2.45) is 5.73 Å². The lowest BCUT2D eigenvalue weighted by Crippen LogP contribution is -2.26. The van der Waals surface area contributed by atoms with Crippen molar-refractivity contribution in [1.82, 2.24) is 4.47 Å². The largest absolute Gasteiger partial charge is 0.366 e. The molecule has 0 fully saturated rings. The molecule has 138 valence electrons. The molecule has 2 rings (SSSR count). The van der Waals surface area contributed by atoms with Crippen molar-refractivity contribution < 1.29 is 22.8 Å². The van der Waals surface area contributed by atoms with E-state index in [1.807, 2.05) is 0 Å². The molecular formula is C16H16ClN3O5S. The molecule has 2 aromatic rings. The van der Waals surface area contributed by atoms with Crippen LogP contribution in [0.2, 0.25) is 5.02 Å². The Morgan fingerprint density at radius 2 is 1.88 bits per heavy atom. The van der Waals surface area contributed by atoms with E-state index in [9.17, 15) is 18.0 Å². The second-order valence-corrected chi connectivity index (χ2v) is 7.48. The quantitative estimate of drug-likeness (QED) is 0.721. The minimum atomic E-state index is -3.89. The third-order valence-corrected chi connectivity index (χ3v) is 5.48. The van der Waals surface area contributed by atoms with Crippen LogP contribution in [0.3, 0.4) is 0 Å². The number of carbonyl (C=O) groups is 2. The van der Waals surface area contributed by atoms with E-state index in [1.54, 1.807) is 0 Å². The lowest BCUT2D eigenvalue weighted by molar-refractivity contribution is -0.0258. The van der Waals surface area contributed by atoms with Gasteiger partial charge in [-0.2, -0.15) is 0 Å². The molecule has 0 bridgehead atoms. The number of hydrogen-bond donors (Lipinski definition) is 2. The number of carbonyl (C=O) groups excluding carboxylic acids is 2. The number of amides is 2. The molecule has 0 aliphatic heterocycles. The monoisotopic (exact) mass is 397 g/mol. The van der Waals surface area contributed by atoms with Crippen LogP contribution in [0.15, 0.2) is 47.4 Å². The second kappa shape index (κ2) is 7.83. The van der Waals surface area contributed by atoms with Crippen molar-refractivity contribution in [3.05, 3.63) is 58.6 Å². The standard InChI is InChI=1S/C16H16ClN3O5S/c1-20(25-2)26(23,24)12-5-3-4-10(8-12)16(22)19-11-6-7-14(17)13(9-11)15(18)21/h3-9H,1-2H3,(H2,18,21)(H,19,22). The maximum Gasteiger partial charge on any atom is 0.264 e. The van der Waals surface area contributed by atoms with Gasteiger partial charge in [-0.1, -0.05) is 22.1 Å². The van der Waals surface area contributed by atoms with Gasteiger partial charge in [0.1, 0.15) is 0 Å². The van der Waals surface area contributed by atoms with E-state index < -0.39 is 21.8 Å². The maximum absolute atomic E-state index is 12.4. The number of hydrogen-bond acceptors (Lipinski definition) is 5. The van der Waals surface area contributed by atoms with Gasteiger partial charge in [-0.15, -0.1) is 0 Å². The fourth-order valence-corrected chi connectivity index (χ4v) is 3.27. The third kappa shape index (κ3) is 4.20. The Kier molecular flexibility index (Phi) is 5.98. The van der Waals surface area contributed by atoms with E-state index >= 15 is 0 Å². The first-order valence-corrected chi connectivity index (χ1v) is 9.02. The van der Waals surface area contributed by atoms with Gasteiger partial charge in [0.05, 0.1) is 22.6 Å². The zero-order valence-electron chi connectivity index (χ0n) is 13.9. The van der Waals surface area contributed by atoms with Crippen LogP contribution in [0.5, 0.6) is 0 Å². The first kappa shape index (κ1) is 19.9. The van der Waals surface area contributed by atoms with E-state index in [0.29, 0.717) is 4.47 Å². The first-order valence-electron chi connectivity index (χ1n) is 7.20. The van der Waals surface area contributed by atoms with Crippen LogP contribution in [0.4, 0.5) is 5.69 Å². The highest BCUT2D eigenvalue weighted by Crippen LogP contribution is 2.21. The molecule has 3 N–H and O–H groups in total. The summed E-state index contributed by atoms with van der Waals surface area (Å²) in [7, 11) is -1.44. The Balaban J connectivity index is 2.30. The number of nitrogens with two attached hydrogens (primary N) is 1. The number of rotatable bonds is 6. The van der Waals surface area contributed by atoms with E-state index in [4.69, 9.17) is 22.2 Å². The number of nitrogens with one attached hydrogen (secondary N) is 1. The lowest BCUT2D eigenvalue weighted by Gasteiger charge is -2.14. The molecule has 8 nitrogen and oxygen atoms in total. The van der Waals surface area contributed by atoms with Crippen LogP contribution in [0.25, 0.3) is 0 Å². The molecule has 0 spiro atoms. The third-order valence-electron chi connectivity index (χ3n) is 3.48. The van der Waals surface area contributed by atoms with Crippen LogP contribution in [0, 0.1) is 0 Å². The molecule has 26 heavy (non-hydrogen) atoms. The number of anilines is 1. The molecule has 0 saturated heterocycles. The second-order valence-electron chi connectivity index (χ2n) is 5.14. The van der Waals surface area contributed by atoms with E-state index in [1.165, 1.54) is 56.6 Å². The Labute approximate surface area is 155 Å². The average molecular weight is 398 g/mol. The van der Waals surface area contributed by atoms with Crippen molar-refractivity contribution in [3.8, 4) is 0 Å². The minimum absolute atomic E-state index is 0.0579. The zero-order valence-corrected chi connectivity index (χ0v) is 15.5. The van der Waals surface area contributed by atoms with Crippen molar-refractivity contribution >= 4 is 39.1 Å². The summed E-state index contributed by atoms with van der Waals surface area (Å²) in [4.78, 5) is 28.3. The molecule has 0 radical (unpaired) electrons. The molecule has 0 saturated carbocycles. The van der Waals surface area contributed by atoms with Gasteiger partial charge < -0.3 is 11.1 Å². The summed E-state index contributed by atoms with van der Waals surface area (Å²) in [5.74, 6) is -1.30. The number of primary amides is 1. The molecule has 0 aromatic heterocycles. The van der Waals surface area contributed by atoms with Crippen molar-refractivity contribution in [1.29, 1.82) is 0 Å². The highest BCUT2D eigenvalue weighted by molar-refractivity contribution is 7.89. The van der Waals surface area contributed by atoms with E-state index in [-0.39, 0.29) is 26.7 Å². The van der Waals surface area contributed by atoms with Crippen LogP contribution >= 0.6 is 11.6 Å². The first-order chi connectivity index (χ1) is 12.2. The number of benzene rings is 2. The Morgan fingerprint density at radius 1 is 1.19 bits per heavy atom. The normalized spacial score (nSPS) is 11.4. The summed E-state index contributed by atoms with van der Waals surface area (Å²) in [5.41, 5.74) is 5.66. The molecular weight excluding hydrogens is 382 g/mol. The smallest absolute Gasteiger partial charge is 0.264 e. The number of sulfonamides is 1. The van der Waals surface area contributed by atoms with Crippen LogP contribution in [-0.4, -0.2) is 38.9 Å². The zero-order chi connectivity index (χ0) is 19.5.